The van der Waals surface area contributed by atoms with E-state index in [1.165, 1.54) is 23.4 Å². The summed E-state index contributed by atoms with van der Waals surface area (Å²) in [4.78, 5) is 17.9. The van der Waals surface area contributed by atoms with Crippen molar-refractivity contribution < 1.29 is 4.79 Å². The largest absolute Gasteiger partial charge is 0.312 e. The number of hydrazone groups is 1. The minimum Gasteiger partial charge on any atom is -0.312 e. The van der Waals surface area contributed by atoms with Crippen LogP contribution in [0.1, 0.15) is 50.1 Å². The van der Waals surface area contributed by atoms with Gasteiger partial charge in [0.15, 0.2) is 0 Å². The fourth-order valence-electron chi connectivity index (χ4n) is 2.77. The molecule has 2 aliphatic rings. The monoisotopic (exact) mass is 306 g/mol. The Morgan fingerprint density at radius 3 is 3.00 bits per heavy atom. The molecule has 1 aromatic rings. The van der Waals surface area contributed by atoms with E-state index in [1.807, 2.05) is 11.9 Å². The molecule has 1 aliphatic carbocycles. The fraction of sp³-hybridized carbons (Fsp3) is 0.667. The molecular formula is C15H22N4OS. The second-order valence-electron chi connectivity index (χ2n) is 5.84. The van der Waals surface area contributed by atoms with Gasteiger partial charge in [0.2, 0.25) is 11.0 Å². The van der Waals surface area contributed by atoms with E-state index in [1.54, 1.807) is 11.3 Å². The minimum absolute atomic E-state index is 0.0587. The van der Waals surface area contributed by atoms with Crippen LogP contribution in [-0.4, -0.2) is 23.3 Å². The number of aryl methyl sites for hydroxylation is 2. The Labute approximate surface area is 129 Å². The zero-order valence-electron chi connectivity index (χ0n) is 12.7. The van der Waals surface area contributed by atoms with Crippen LogP contribution in [0.4, 0.5) is 5.13 Å². The fourth-order valence-corrected chi connectivity index (χ4v) is 3.87. The van der Waals surface area contributed by atoms with E-state index in [9.17, 15) is 4.79 Å². The van der Waals surface area contributed by atoms with Gasteiger partial charge in [-0.25, -0.2) is 9.99 Å². The summed E-state index contributed by atoms with van der Waals surface area (Å²) in [6.45, 7) is 4.90. The van der Waals surface area contributed by atoms with Gasteiger partial charge in [-0.1, -0.05) is 25.2 Å². The lowest BCUT2D eigenvalue weighted by Crippen LogP contribution is -2.33. The third kappa shape index (κ3) is 3.10. The second kappa shape index (κ2) is 6.13. The average Bonchev–Trinajstić information content (AvgIpc) is 3.03. The van der Waals surface area contributed by atoms with Gasteiger partial charge in [0.1, 0.15) is 5.84 Å². The molecule has 0 bridgehead atoms. The van der Waals surface area contributed by atoms with Gasteiger partial charge in [-0.05, 0) is 32.1 Å². The smallest absolute Gasteiger partial charge is 0.225 e. The molecule has 1 amide bonds. The van der Waals surface area contributed by atoms with E-state index in [2.05, 4.69) is 17.3 Å². The number of amides is 1. The van der Waals surface area contributed by atoms with Crippen molar-refractivity contribution in [2.45, 2.75) is 52.4 Å². The first-order chi connectivity index (χ1) is 10.2. The third-order valence-electron chi connectivity index (χ3n) is 3.94. The Kier molecular flexibility index (Phi) is 4.24. The standard InChI is InChI=1S/C15H22N4OS/c1-3-6-13(20)17-14-10(2)9-19(18-14)15-16-11-7-4-5-8-12(11)21-15/h10H,3-9H2,1-2H3,(H,17,18,20). The number of fused-ring (bicyclic) bond motifs is 1. The van der Waals surface area contributed by atoms with Crippen LogP contribution in [0.15, 0.2) is 5.10 Å². The van der Waals surface area contributed by atoms with E-state index >= 15 is 0 Å². The summed E-state index contributed by atoms with van der Waals surface area (Å²) in [5, 5.41) is 10.4. The van der Waals surface area contributed by atoms with Crippen LogP contribution in [0.2, 0.25) is 0 Å². The lowest BCUT2D eigenvalue weighted by molar-refractivity contribution is -0.119. The van der Waals surface area contributed by atoms with Gasteiger partial charge < -0.3 is 5.32 Å². The van der Waals surface area contributed by atoms with Crippen molar-refractivity contribution in [2.24, 2.45) is 11.0 Å². The van der Waals surface area contributed by atoms with Crippen molar-refractivity contribution in [1.82, 2.24) is 10.3 Å². The third-order valence-corrected chi connectivity index (χ3v) is 5.11. The summed E-state index contributed by atoms with van der Waals surface area (Å²) in [6, 6.07) is 0. The molecule has 5 nitrogen and oxygen atoms in total. The van der Waals surface area contributed by atoms with Crippen LogP contribution in [-0.2, 0) is 17.6 Å². The zero-order valence-corrected chi connectivity index (χ0v) is 13.5. The Bertz CT molecular complexity index is 543. The predicted molar refractivity (Wildman–Crippen MR) is 85.8 cm³/mol. The first kappa shape index (κ1) is 14.5. The Morgan fingerprint density at radius 2 is 2.24 bits per heavy atom. The highest BCUT2D eigenvalue weighted by Gasteiger charge is 2.28. The topological polar surface area (TPSA) is 57.6 Å². The molecule has 0 saturated heterocycles. The summed E-state index contributed by atoms with van der Waals surface area (Å²) in [5.41, 5.74) is 1.26. The van der Waals surface area contributed by atoms with Gasteiger partial charge >= 0.3 is 0 Å². The molecule has 1 unspecified atom stereocenters. The number of carbonyl (C=O) groups excluding carboxylic acids is 1. The number of hydrogen-bond acceptors (Lipinski definition) is 5. The first-order valence-corrected chi connectivity index (χ1v) is 8.63. The molecule has 114 valence electrons. The summed E-state index contributed by atoms with van der Waals surface area (Å²) in [5.74, 6) is 1.08. The summed E-state index contributed by atoms with van der Waals surface area (Å²) in [6.07, 6.45) is 6.17. The molecule has 0 spiro atoms. The Hall–Kier alpha value is -1.43. The van der Waals surface area contributed by atoms with Gasteiger partial charge in [0, 0.05) is 17.2 Å². The average molecular weight is 306 g/mol. The highest BCUT2D eigenvalue weighted by Crippen LogP contribution is 2.33. The number of nitrogens with zero attached hydrogens (tertiary/aromatic N) is 3. The quantitative estimate of drug-likeness (QED) is 0.934. The maximum absolute atomic E-state index is 11.7. The second-order valence-corrected chi connectivity index (χ2v) is 6.90. The van der Waals surface area contributed by atoms with Crippen LogP contribution in [0.5, 0.6) is 0 Å². The van der Waals surface area contributed by atoms with E-state index in [0.29, 0.717) is 6.42 Å². The van der Waals surface area contributed by atoms with Gasteiger partial charge in [0.25, 0.3) is 0 Å². The molecule has 1 atom stereocenters. The maximum Gasteiger partial charge on any atom is 0.225 e. The summed E-state index contributed by atoms with van der Waals surface area (Å²) in [7, 11) is 0. The van der Waals surface area contributed by atoms with Crippen LogP contribution < -0.4 is 10.3 Å². The van der Waals surface area contributed by atoms with Crippen molar-refractivity contribution in [3.63, 3.8) is 0 Å². The number of aromatic nitrogens is 1. The molecule has 0 fully saturated rings. The molecule has 0 saturated carbocycles. The van der Waals surface area contributed by atoms with Crippen LogP contribution in [0.25, 0.3) is 0 Å². The van der Waals surface area contributed by atoms with E-state index in [0.717, 1.165) is 36.8 Å². The molecule has 2 heterocycles. The first-order valence-electron chi connectivity index (χ1n) is 7.82. The van der Waals surface area contributed by atoms with E-state index in [-0.39, 0.29) is 11.8 Å². The summed E-state index contributed by atoms with van der Waals surface area (Å²) >= 11 is 1.76. The van der Waals surface area contributed by atoms with Gasteiger partial charge in [-0.3, -0.25) is 4.79 Å². The highest BCUT2D eigenvalue weighted by atomic mass is 32.1. The molecule has 3 rings (SSSR count). The lowest BCUT2D eigenvalue weighted by atomic mass is 10.0. The number of rotatable bonds is 3. The van der Waals surface area contributed by atoms with Crippen molar-refractivity contribution >= 4 is 28.2 Å². The molecule has 1 aromatic heterocycles. The molecular weight excluding hydrogens is 284 g/mol. The molecule has 1 N–H and O–H groups in total. The number of carbonyl (C=O) groups is 1. The Balaban J connectivity index is 1.73. The maximum atomic E-state index is 11.7. The lowest BCUT2D eigenvalue weighted by Gasteiger charge is -2.09. The van der Waals surface area contributed by atoms with E-state index in [4.69, 9.17) is 4.98 Å². The number of anilines is 1. The predicted octanol–water partition coefficient (Wildman–Crippen LogP) is 2.71. The highest BCUT2D eigenvalue weighted by molar-refractivity contribution is 7.15. The molecule has 1 aliphatic heterocycles. The zero-order chi connectivity index (χ0) is 14.8. The normalized spacial score (nSPS) is 21.1. The van der Waals surface area contributed by atoms with Crippen LogP contribution >= 0.6 is 11.3 Å². The molecule has 0 aromatic carbocycles. The number of hydrogen-bond donors (Lipinski definition) is 1. The van der Waals surface area contributed by atoms with Gasteiger partial charge in [0.05, 0.1) is 12.2 Å². The van der Waals surface area contributed by atoms with Crippen molar-refractivity contribution in [3.8, 4) is 0 Å². The number of thiazole rings is 1. The van der Waals surface area contributed by atoms with Crippen molar-refractivity contribution in [2.75, 3.05) is 11.6 Å². The molecule has 6 heteroatoms. The van der Waals surface area contributed by atoms with Gasteiger partial charge in [-0.2, -0.15) is 5.10 Å². The summed E-state index contributed by atoms with van der Waals surface area (Å²) < 4.78 is 0. The van der Waals surface area contributed by atoms with Gasteiger partial charge in [-0.15, -0.1) is 0 Å². The number of nitrogens with one attached hydrogen (secondary N) is 1. The Morgan fingerprint density at radius 1 is 1.43 bits per heavy atom. The van der Waals surface area contributed by atoms with Crippen molar-refractivity contribution in [1.29, 1.82) is 0 Å². The molecule has 0 radical (unpaired) electrons. The SMILES string of the molecule is CCCC(=O)NC1=NN(c2nc3c(s2)CCCC3)CC1C. The van der Waals surface area contributed by atoms with Crippen LogP contribution in [0, 0.1) is 5.92 Å². The van der Waals surface area contributed by atoms with E-state index < -0.39 is 0 Å². The molecule has 21 heavy (non-hydrogen) atoms. The minimum atomic E-state index is 0.0587. The number of amidine groups is 1. The van der Waals surface area contributed by atoms with Crippen molar-refractivity contribution in [3.05, 3.63) is 10.6 Å². The van der Waals surface area contributed by atoms with Crippen LogP contribution in [0.3, 0.4) is 0 Å².